The lowest BCUT2D eigenvalue weighted by Crippen LogP contribution is -2.51. The zero-order valence-corrected chi connectivity index (χ0v) is 16.4. The van der Waals surface area contributed by atoms with Crippen LogP contribution in [-0.4, -0.2) is 38.6 Å². The molecular formula is C18H23N5O2S. The Hall–Kier alpha value is -2.53. The molecule has 0 bridgehead atoms. The number of thioether (sulfide) groups is 1. The van der Waals surface area contributed by atoms with Crippen LogP contribution in [0.3, 0.4) is 0 Å². The summed E-state index contributed by atoms with van der Waals surface area (Å²) in [4.78, 5) is 12.5. The van der Waals surface area contributed by atoms with Crippen molar-refractivity contribution < 1.29 is 9.53 Å². The minimum absolute atomic E-state index is 0.00548. The van der Waals surface area contributed by atoms with Gasteiger partial charge in [0, 0.05) is 6.07 Å². The lowest BCUT2D eigenvalue weighted by Gasteiger charge is -2.28. The molecule has 0 aliphatic heterocycles. The fourth-order valence-electron chi connectivity index (χ4n) is 2.11. The molecule has 0 aliphatic carbocycles. The summed E-state index contributed by atoms with van der Waals surface area (Å²) < 4.78 is 7.04. The molecule has 1 N–H and O–H groups in total. The molecule has 1 aromatic carbocycles. The van der Waals surface area contributed by atoms with E-state index in [9.17, 15) is 10.1 Å². The number of rotatable bonds is 7. The Morgan fingerprint density at radius 1 is 1.42 bits per heavy atom. The summed E-state index contributed by atoms with van der Waals surface area (Å²) in [6.45, 7) is 7.32. The maximum Gasteiger partial charge on any atom is 0.234 e. The van der Waals surface area contributed by atoms with Crippen LogP contribution in [0.15, 0.2) is 35.7 Å². The van der Waals surface area contributed by atoms with Crippen LogP contribution in [0.25, 0.3) is 5.69 Å². The number of carbonyl (C=O) groups excluding carboxylic acids is 1. The quantitative estimate of drug-likeness (QED) is 0.750. The predicted molar refractivity (Wildman–Crippen MR) is 100 cm³/mol. The molecule has 0 aliphatic rings. The molecule has 138 valence electrons. The second kappa shape index (κ2) is 8.23. The summed E-state index contributed by atoms with van der Waals surface area (Å²) in [5.74, 6) is 0.502. The summed E-state index contributed by atoms with van der Waals surface area (Å²) in [6, 6.07) is 9.69. The molecule has 2 aromatic rings. The maximum atomic E-state index is 12.5. The van der Waals surface area contributed by atoms with Crippen LogP contribution in [0, 0.1) is 17.2 Å². The van der Waals surface area contributed by atoms with Crippen molar-refractivity contribution in [1.82, 2.24) is 20.1 Å². The van der Waals surface area contributed by atoms with Gasteiger partial charge in [-0.25, -0.2) is 0 Å². The van der Waals surface area contributed by atoms with Crippen LogP contribution in [-0.2, 0) is 4.79 Å². The Bertz CT molecular complexity index is 814. The second-order valence-electron chi connectivity index (χ2n) is 6.40. The normalized spacial score (nSPS) is 14.3. The van der Waals surface area contributed by atoms with Crippen LogP contribution in [0.2, 0.25) is 0 Å². The minimum atomic E-state index is -0.910. The molecule has 2 rings (SSSR count). The average molecular weight is 373 g/mol. The van der Waals surface area contributed by atoms with Crippen molar-refractivity contribution in [2.24, 2.45) is 5.92 Å². The molecule has 0 saturated carbocycles. The van der Waals surface area contributed by atoms with Gasteiger partial charge >= 0.3 is 0 Å². The van der Waals surface area contributed by atoms with E-state index in [-0.39, 0.29) is 11.8 Å². The number of benzene rings is 1. The van der Waals surface area contributed by atoms with Gasteiger partial charge in [0.1, 0.15) is 17.6 Å². The van der Waals surface area contributed by atoms with E-state index in [1.54, 1.807) is 31.9 Å². The zero-order valence-electron chi connectivity index (χ0n) is 15.6. The molecule has 0 saturated heterocycles. The third-order valence-corrected chi connectivity index (χ3v) is 5.33. The number of carbonyl (C=O) groups is 1. The highest BCUT2D eigenvalue weighted by Crippen LogP contribution is 2.26. The van der Waals surface area contributed by atoms with E-state index < -0.39 is 10.8 Å². The maximum absolute atomic E-state index is 12.5. The van der Waals surface area contributed by atoms with Crippen molar-refractivity contribution in [2.45, 2.75) is 43.6 Å². The van der Waals surface area contributed by atoms with Gasteiger partial charge in [-0.05, 0) is 31.9 Å². The Balaban J connectivity index is 2.16. The average Bonchev–Trinajstić information content (AvgIpc) is 3.09. The lowest BCUT2D eigenvalue weighted by molar-refractivity contribution is -0.121. The van der Waals surface area contributed by atoms with Gasteiger partial charge in [0.05, 0.1) is 24.1 Å². The summed E-state index contributed by atoms with van der Waals surface area (Å²) in [5.41, 5.74) is -0.0691. The van der Waals surface area contributed by atoms with Gasteiger partial charge in [0.15, 0.2) is 5.16 Å². The number of ether oxygens (including phenoxy) is 1. The van der Waals surface area contributed by atoms with Crippen molar-refractivity contribution >= 4 is 17.7 Å². The van der Waals surface area contributed by atoms with Gasteiger partial charge in [-0.15, -0.1) is 10.2 Å². The van der Waals surface area contributed by atoms with Gasteiger partial charge in [0.25, 0.3) is 0 Å². The highest BCUT2D eigenvalue weighted by molar-refractivity contribution is 8.00. The highest BCUT2D eigenvalue weighted by atomic mass is 32.2. The van der Waals surface area contributed by atoms with E-state index in [1.807, 2.05) is 38.1 Å². The first kappa shape index (κ1) is 19.8. The van der Waals surface area contributed by atoms with Crippen molar-refractivity contribution in [3.63, 3.8) is 0 Å². The van der Waals surface area contributed by atoms with E-state index in [2.05, 4.69) is 21.6 Å². The van der Waals surface area contributed by atoms with Crippen molar-refractivity contribution in [3.8, 4) is 17.5 Å². The van der Waals surface area contributed by atoms with Crippen LogP contribution < -0.4 is 10.1 Å². The Kier molecular flexibility index (Phi) is 6.27. The zero-order chi connectivity index (χ0) is 19.3. The minimum Gasteiger partial charge on any atom is -0.497 e. The van der Waals surface area contributed by atoms with Crippen molar-refractivity contribution in [3.05, 3.63) is 30.6 Å². The molecule has 0 fully saturated rings. The van der Waals surface area contributed by atoms with Crippen molar-refractivity contribution in [1.29, 1.82) is 5.26 Å². The van der Waals surface area contributed by atoms with Gasteiger partial charge in [-0.1, -0.05) is 31.7 Å². The standard InChI is InChI=1S/C18H23N5O2S/c1-12(2)18(4,10-19)21-16(24)13(3)26-17-22-20-11-23(17)14-7-6-8-15(9-14)25-5/h6-9,11-13H,1-5H3,(H,21,24)/t13-,18-/m1/s1. The van der Waals surface area contributed by atoms with Crippen LogP contribution in [0.1, 0.15) is 27.7 Å². The number of nitrogens with one attached hydrogen (secondary N) is 1. The lowest BCUT2D eigenvalue weighted by atomic mass is 9.90. The fraction of sp³-hybridized carbons (Fsp3) is 0.444. The first-order valence-corrected chi connectivity index (χ1v) is 9.13. The van der Waals surface area contributed by atoms with E-state index in [1.165, 1.54) is 11.8 Å². The summed E-state index contributed by atoms with van der Waals surface area (Å²) in [6.07, 6.45) is 1.59. The smallest absolute Gasteiger partial charge is 0.234 e. The van der Waals surface area contributed by atoms with Gasteiger partial charge in [0.2, 0.25) is 5.91 Å². The van der Waals surface area contributed by atoms with Gasteiger partial charge in [-0.2, -0.15) is 5.26 Å². The Morgan fingerprint density at radius 3 is 2.77 bits per heavy atom. The molecule has 1 heterocycles. The van der Waals surface area contributed by atoms with E-state index in [0.717, 1.165) is 11.4 Å². The fourth-order valence-corrected chi connectivity index (χ4v) is 2.96. The number of nitriles is 1. The van der Waals surface area contributed by atoms with E-state index in [4.69, 9.17) is 4.74 Å². The number of aromatic nitrogens is 3. The van der Waals surface area contributed by atoms with E-state index in [0.29, 0.717) is 5.16 Å². The summed E-state index contributed by atoms with van der Waals surface area (Å²) in [5, 5.41) is 20.4. The second-order valence-corrected chi connectivity index (χ2v) is 7.71. The Morgan fingerprint density at radius 2 is 2.15 bits per heavy atom. The molecule has 0 unspecified atom stereocenters. The molecule has 8 heteroatoms. The number of hydrogen-bond donors (Lipinski definition) is 1. The number of nitrogens with zero attached hydrogens (tertiary/aromatic N) is 4. The predicted octanol–water partition coefficient (Wildman–Crippen LogP) is 2.81. The van der Waals surface area contributed by atoms with Crippen LogP contribution >= 0.6 is 11.8 Å². The molecule has 1 amide bonds. The molecule has 0 spiro atoms. The number of hydrogen-bond acceptors (Lipinski definition) is 6. The Labute approximate surface area is 157 Å². The van der Waals surface area contributed by atoms with Crippen molar-refractivity contribution in [2.75, 3.05) is 7.11 Å². The molecule has 0 radical (unpaired) electrons. The highest BCUT2D eigenvalue weighted by Gasteiger charge is 2.32. The summed E-state index contributed by atoms with van der Waals surface area (Å²) >= 11 is 1.28. The largest absolute Gasteiger partial charge is 0.497 e. The van der Waals surface area contributed by atoms with E-state index >= 15 is 0 Å². The monoisotopic (exact) mass is 373 g/mol. The first-order chi connectivity index (χ1) is 12.3. The number of amides is 1. The molecule has 26 heavy (non-hydrogen) atoms. The topological polar surface area (TPSA) is 92.8 Å². The molecule has 1 aromatic heterocycles. The number of methoxy groups -OCH3 is 1. The third kappa shape index (κ3) is 4.35. The molecule has 7 nitrogen and oxygen atoms in total. The first-order valence-electron chi connectivity index (χ1n) is 8.25. The molecular weight excluding hydrogens is 350 g/mol. The SMILES string of the molecule is COc1cccc(-n2cnnc2S[C@H](C)C(=O)N[C@](C)(C#N)C(C)C)c1. The summed E-state index contributed by atoms with van der Waals surface area (Å²) in [7, 11) is 1.61. The third-order valence-electron chi connectivity index (χ3n) is 4.27. The van der Waals surface area contributed by atoms with Gasteiger partial charge in [-0.3, -0.25) is 9.36 Å². The van der Waals surface area contributed by atoms with Crippen LogP contribution in [0.4, 0.5) is 0 Å². The molecule has 2 atom stereocenters. The van der Waals surface area contributed by atoms with Gasteiger partial charge < -0.3 is 10.1 Å². The van der Waals surface area contributed by atoms with Crippen LogP contribution in [0.5, 0.6) is 5.75 Å².